The second-order valence-electron chi connectivity index (χ2n) is 2.88. The summed E-state index contributed by atoms with van der Waals surface area (Å²) >= 11 is 0. The molecule has 0 aromatic carbocycles. The van der Waals surface area contributed by atoms with E-state index in [2.05, 4.69) is 15.2 Å². The molecule has 0 saturated heterocycles. The van der Waals surface area contributed by atoms with E-state index in [1.807, 2.05) is 33.8 Å². The first-order chi connectivity index (χ1) is 6.68. The van der Waals surface area contributed by atoms with E-state index in [1.54, 1.807) is 0 Å². The average molecular weight is 193 g/mol. The summed E-state index contributed by atoms with van der Waals surface area (Å²) in [6, 6.07) is 1.89. The van der Waals surface area contributed by atoms with Gasteiger partial charge in [-0.15, -0.1) is 0 Å². The highest BCUT2D eigenvalue weighted by Gasteiger charge is 2.04. The Bertz CT molecular complexity index is 482. The van der Waals surface area contributed by atoms with Crippen molar-refractivity contribution in [1.82, 2.24) is 15.2 Å². The smallest absolute Gasteiger partial charge is 0.273 e. The SMILES string of the molecule is CC.Cc1cc(C)c2c(=O)[nH][nH]c2n1. The molecule has 0 amide bonds. The fourth-order valence-corrected chi connectivity index (χ4v) is 1.39. The van der Waals surface area contributed by atoms with E-state index in [1.165, 1.54) is 0 Å². The minimum Gasteiger partial charge on any atom is -0.281 e. The molecule has 4 nitrogen and oxygen atoms in total. The summed E-state index contributed by atoms with van der Waals surface area (Å²) < 4.78 is 0. The Kier molecular flexibility index (Phi) is 3.06. The molecule has 0 atom stereocenters. The largest absolute Gasteiger partial charge is 0.281 e. The van der Waals surface area contributed by atoms with Gasteiger partial charge in [-0.05, 0) is 25.5 Å². The topological polar surface area (TPSA) is 61.5 Å². The van der Waals surface area contributed by atoms with E-state index in [0.717, 1.165) is 11.3 Å². The van der Waals surface area contributed by atoms with Crippen LogP contribution in [0.2, 0.25) is 0 Å². The minimum atomic E-state index is -0.102. The summed E-state index contributed by atoms with van der Waals surface area (Å²) in [4.78, 5) is 15.4. The molecule has 0 bridgehead atoms. The number of aryl methyl sites for hydroxylation is 2. The summed E-state index contributed by atoms with van der Waals surface area (Å²) in [6.45, 7) is 7.80. The van der Waals surface area contributed by atoms with Crippen LogP contribution in [0.4, 0.5) is 0 Å². The number of nitrogens with one attached hydrogen (secondary N) is 2. The van der Waals surface area contributed by atoms with Crippen molar-refractivity contribution < 1.29 is 0 Å². The Balaban J connectivity index is 0.000000461. The second kappa shape index (κ2) is 4.09. The van der Waals surface area contributed by atoms with Gasteiger partial charge in [0.2, 0.25) is 0 Å². The zero-order valence-corrected chi connectivity index (χ0v) is 8.93. The van der Waals surface area contributed by atoms with Crippen LogP contribution in [-0.4, -0.2) is 15.2 Å². The Labute approximate surface area is 82.4 Å². The van der Waals surface area contributed by atoms with E-state index < -0.39 is 0 Å². The molecule has 2 N–H and O–H groups in total. The van der Waals surface area contributed by atoms with E-state index in [0.29, 0.717) is 11.0 Å². The van der Waals surface area contributed by atoms with Gasteiger partial charge in [0, 0.05) is 5.69 Å². The van der Waals surface area contributed by atoms with Gasteiger partial charge < -0.3 is 0 Å². The minimum absolute atomic E-state index is 0.102. The predicted molar refractivity (Wildman–Crippen MR) is 57.5 cm³/mol. The number of fused-ring (bicyclic) bond motifs is 1. The van der Waals surface area contributed by atoms with Crippen LogP contribution in [0.3, 0.4) is 0 Å². The molecule has 0 aliphatic rings. The molecule has 0 radical (unpaired) electrons. The third kappa shape index (κ3) is 1.69. The van der Waals surface area contributed by atoms with Crippen LogP contribution in [0, 0.1) is 13.8 Å². The molecule has 0 aliphatic carbocycles. The van der Waals surface area contributed by atoms with Crippen molar-refractivity contribution in [2.45, 2.75) is 27.7 Å². The fraction of sp³-hybridized carbons (Fsp3) is 0.400. The quantitative estimate of drug-likeness (QED) is 0.671. The van der Waals surface area contributed by atoms with Gasteiger partial charge in [0.15, 0.2) is 5.65 Å². The number of H-pyrrole nitrogens is 2. The molecule has 2 heterocycles. The van der Waals surface area contributed by atoms with Crippen LogP contribution in [0.5, 0.6) is 0 Å². The molecule has 2 aromatic rings. The van der Waals surface area contributed by atoms with E-state index in [9.17, 15) is 4.79 Å². The first-order valence-electron chi connectivity index (χ1n) is 4.73. The summed E-state index contributed by atoms with van der Waals surface area (Å²) in [6.07, 6.45) is 0. The van der Waals surface area contributed by atoms with Crippen LogP contribution in [0.25, 0.3) is 11.0 Å². The molecule has 76 valence electrons. The van der Waals surface area contributed by atoms with Gasteiger partial charge in [0.1, 0.15) is 0 Å². The second-order valence-corrected chi connectivity index (χ2v) is 2.88. The Morgan fingerprint density at radius 2 is 1.86 bits per heavy atom. The van der Waals surface area contributed by atoms with Crippen molar-refractivity contribution in [3.8, 4) is 0 Å². The van der Waals surface area contributed by atoms with E-state index >= 15 is 0 Å². The molecule has 14 heavy (non-hydrogen) atoms. The normalized spacial score (nSPS) is 9.71. The number of aromatic nitrogens is 3. The molecule has 0 spiro atoms. The van der Waals surface area contributed by atoms with Crippen LogP contribution in [-0.2, 0) is 0 Å². The number of hydrogen-bond acceptors (Lipinski definition) is 2. The molecule has 0 unspecified atom stereocenters. The average Bonchev–Trinajstić information content (AvgIpc) is 2.51. The lowest BCUT2D eigenvalue weighted by atomic mass is 10.2. The van der Waals surface area contributed by atoms with E-state index in [4.69, 9.17) is 0 Å². The zero-order chi connectivity index (χ0) is 10.7. The summed E-state index contributed by atoms with van der Waals surface area (Å²) in [7, 11) is 0. The number of hydrogen-bond donors (Lipinski definition) is 2. The van der Waals surface area contributed by atoms with Crippen molar-refractivity contribution >= 4 is 11.0 Å². The molecule has 4 heteroatoms. The number of rotatable bonds is 0. The Hall–Kier alpha value is -1.58. The summed E-state index contributed by atoms with van der Waals surface area (Å²) in [5.74, 6) is 0. The molecular weight excluding hydrogens is 178 g/mol. The third-order valence-electron chi connectivity index (χ3n) is 1.87. The molecule has 0 fully saturated rings. The lowest BCUT2D eigenvalue weighted by Crippen LogP contribution is -1.99. The Morgan fingerprint density at radius 3 is 2.50 bits per heavy atom. The number of pyridine rings is 1. The van der Waals surface area contributed by atoms with Crippen LogP contribution in [0.15, 0.2) is 10.9 Å². The van der Waals surface area contributed by atoms with Crippen molar-refractivity contribution in [3.63, 3.8) is 0 Å². The molecule has 2 aromatic heterocycles. The lowest BCUT2D eigenvalue weighted by molar-refractivity contribution is 1.06. The van der Waals surface area contributed by atoms with Crippen molar-refractivity contribution in [2.24, 2.45) is 0 Å². The number of aromatic amines is 2. The van der Waals surface area contributed by atoms with Crippen molar-refractivity contribution in [1.29, 1.82) is 0 Å². The third-order valence-corrected chi connectivity index (χ3v) is 1.87. The van der Waals surface area contributed by atoms with Gasteiger partial charge in [-0.25, -0.2) is 4.98 Å². The first kappa shape index (κ1) is 10.5. The highest BCUT2D eigenvalue weighted by molar-refractivity contribution is 5.77. The van der Waals surface area contributed by atoms with Gasteiger partial charge in [-0.3, -0.25) is 15.0 Å². The fourth-order valence-electron chi connectivity index (χ4n) is 1.39. The van der Waals surface area contributed by atoms with Crippen molar-refractivity contribution in [2.75, 3.05) is 0 Å². The standard InChI is InChI=1S/C8H9N3O.C2H6/c1-4-3-5(2)9-7-6(4)8(12)11-10-7;1-2/h3H,1-2H3,(H2,9,10,11,12);1-2H3. The van der Waals surface area contributed by atoms with Gasteiger partial charge in [-0.2, -0.15) is 0 Å². The molecule has 0 aliphatic heterocycles. The molecule has 2 rings (SSSR count). The first-order valence-corrected chi connectivity index (χ1v) is 4.73. The van der Waals surface area contributed by atoms with Crippen molar-refractivity contribution in [3.05, 3.63) is 27.7 Å². The van der Waals surface area contributed by atoms with Crippen LogP contribution < -0.4 is 5.56 Å². The summed E-state index contributed by atoms with van der Waals surface area (Å²) in [5, 5.41) is 5.88. The highest BCUT2D eigenvalue weighted by Crippen LogP contribution is 2.10. The zero-order valence-electron chi connectivity index (χ0n) is 8.93. The Morgan fingerprint density at radius 1 is 1.21 bits per heavy atom. The highest BCUT2D eigenvalue weighted by atomic mass is 16.1. The maximum Gasteiger partial charge on any atom is 0.273 e. The predicted octanol–water partition coefficient (Wildman–Crippen LogP) is 1.89. The van der Waals surface area contributed by atoms with Gasteiger partial charge in [0.25, 0.3) is 5.56 Å². The lowest BCUT2D eigenvalue weighted by Gasteiger charge is -1.94. The molecule has 0 saturated carbocycles. The molecular formula is C10H15N3O. The number of nitrogens with zero attached hydrogens (tertiary/aromatic N) is 1. The van der Waals surface area contributed by atoms with Crippen LogP contribution in [0.1, 0.15) is 25.1 Å². The van der Waals surface area contributed by atoms with Gasteiger partial charge >= 0.3 is 0 Å². The van der Waals surface area contributed by atoms with Gasteiger partial charge in [-0.1, -0.05) is 13.8 Å². The summed E-state index contributed by atoms with van der Waals surface area (Å²) in [5.41, 5.74) is 2.41. The maximum absolute atomic E-state index is 11.2. The van der Waals surface area contributed by atoms with Gasteiger partial charge in [0.05, 0.1) is 5.39 Å². The van der Waals surface area contributed by atoms with E-state index in [-0.39, 0.29) is 5.56 Å². The van der Waals surface area contributed by atoms with Crippen LogP contribution >= 0.6 is 0 Å². The maximum atomic E-state index is 11.2. The monoisotopic (exact) mass is 193 g/mol.